The molecule has 0 atom stereocenters. The SMILES string of the molecule is O=C(Nc1ccc(Cl)cc1)Nc1ccc(NC(=O)c2ccc3cc(Br)ccc3c2)cc1. The van der Waals surface area contributed by atoms with Crippen LogP contribution in [0.2, 0.25) is 5.02 Å². The first-order chi connectivity index (χ1) is 15.0. The Labute approximate surface area is 192 Å². The largest absolute Gasteiger partial charge is 0.323 e. The van der Waals surface area contributed by atoms with Crippen LogP contribution in [0.3, 0.4) is 0 Å². The molecule has 0 saturated heterocycles. The third kappa shape index (κ3) is 5.42. The van der Waals surface area contributed by atoms with Gasteiger partial charge in [-0.25, -0.2) is 4.79 Å². The van der Waals surface area contributed by atoms with E-state index in [2.05, 4.69) is 31.9 Å². The molecular weight excluding hydrogens is 478 g/mol. The van der Waals surface area contributed by atoms with E-state index in [1.807, 2.05) is 30.3 Å². The number of fused-ring (bicyclic) bond motifs is 1. The fourth-order valence-electron chi connectivity index (χ4n) is 3.02. The highest BCUT2D eigenvalue weighted by Gasteiger charge is 2.08. The van der Waals surface area contributed by atoms with E-state index in [4.69, 9.17) is 11.6 Å². The highest BCUT2D eigenvalue weighted by atomic mass is 79.9. The van der Waals surface area contributed by atoms with Gasteiger partial charge in [0.15, 0.2) is 0 Å². The van der Waals surface area contributed by atoms with Crippen LogP contribution in [0.4, 0.5) is 21.9 Å². The maximum absolute atomic E-state index is 12.6. The van der Waals surface area contributed by atoms with Gasteiger partial charge in [0.25, 0.3) is 5.91 Å². The first-order valence-electron chi connectivity index (χ1n) is 9.41. The van der Waals surface area contributed by atoms with Crippen LogP contribution in [0.1, 0.15) is 10.4 Å². The predicted molar refractivity (Wildman–Crippen MR) is 130 cm³/mol. The number of carbonyl (C=O) groups excluding carboxylic acids is 2. The molecule has 5 nitrogen and oxygen atoms in total. The summed E-state index contributed by atoms with van der Waals surface area (Å²) >= 11 is 9.29. The van der Waals surface area contributed by atoms with E-state index in [1.54, 1.807) is 54.6 Å². The fourth-order valence-corrected chi connectivity index (χ4v) is 3.53. The number of urea groups is 1. The molecule has 7 heteroatoms. The monoisotopic (exact) mass is 493 g/mol. The van der Waals surface area contributed by atoms with Gasteiger partial charge >= 0.3 is 6.03 Å². The number of benzene rings is 4. The molecule has 0 aliphatic rings. The Hall–Kier alpha value is -3.35. The lowest BCUT2D eigenvalue weighted by Gasteiger charge is -2.10. The molecule has 4 rings (SSSR count). The topological polar surface area (TPSA) is 70.2 Å². The molecule has 0 aliphatic heterocycles. The van der Waals surface area contributed by atoms with Gasteiger partial charge in [-0.1, -0.05) is 39.7 Å². The first-order valence-corrected chi connectivity index (χ1v) is 10.6. The number of hydrogen-bond donors (Lipinski definition) is 3. The molecule has 3 N–H and O–H groups in total. The number of halogens is 2. The molecule has 0 radical (unpaired) electrons. The Balaban J connectivity index is 1.37. The lowest BCUT2D eigenvalue weighted by Crippen LogP contribution is -2.19. The average Bonchev–Trinajstić information content (AvgIpc) is 2.76. The summed E-state index contributed by atoms with van der Waals surface area (Å²) in [6.07, 6.45) is 0. The minimum atomic E-state index is -0.373. The van der Waals surface area contributed by atoms with E-state index in [0.29, 0.717) is 27.6 Å². The molecule has 0 unspecified atom stereocenters. The molecule has 0 bridgehead atoms. The van der Waals surface area contributed by atoms with Crippen LogP contribution in [-0.4, -0.2) is 11.9 Å². The molecular formula is C24H17BrClN3O2. The second-order valence-electron chi connectivity index (χ2n) is 6.82. The first kappa shape index (κ1) is 20.9. The quantitative estimate of drug-likeness (QED) is 0.282. The molecule has 0 saturated carbocycles. The van der Waals surface area contributed by atoms with Crippen LogP contribution < -0.4 is 16.0 Å². The number of carbonyl (C=O) groups is 2. The Morgan fingerprint density at radius 3 is 1.81 bits per heavy atom. The molecule has 4 aromatic carbocycles. The Bertz CT molecular complexity index is 1260. The summed E-state index contributed by atoms with van der Waals surface area (Å²) in [5.74, 6) is -0.203. The van der Waals surface area contributed by atoms with E-state index in [1.165, 1.54) is 0 Å². The average molecular weight is 495 g/mol. The standard InChI is InChI=1S/C24H17BrClN3O2/c25-18-4-3-15-13-17(2-1-16(15)14-18)23(30)27-20-9-11-22(12-10-20)29-24(31)28-21-7-5-19(26)6-8-21/h1-14H,(H,27,30)(H2,28,29,31). The van der Waals surface area contributed by atoms with E-state index in [-0.39, 0.29) is 11.9 Å². The molecule has 0 heterocycles. The summed E-state index contributed by atoms with van der Waals surface area (Å²) in [6.45, 7) is 0. The number of rotatable bonds is 4. The smallest absolute Gasteiger partial charge is 0.322 e. The second kappa shape index (κ2) is 9.20. The van der Waals surface area contributed by atoms with E-state index in [0.717, 1.165) is 15.2 Å². The fraction of sp³-hybridized carbons (Fsp3) is 0. The van der Waals surface area contributed by atoms with Crippen molar-refractivity contribution in [3.05, 3.63) is 100.0 Å². The number of hydrogen-bond acceptors (Lipinski definition) is 2. The van der Waals surface area contributed by atoms with Crippen LogP contribution in [-0.2, 0) is 0 Å². The van der Waals surface area contributed by atoms with Gasteiger partial charge in [0.2, 0.25) is 0 Å². The molecule has 3 amide bonds. The lowest BCUT2D eigenvalue weighted by molar-refractivity contribution is 0.102. The molecule has 0 aromatic heterocycles. The van der Waals surface area contributed by atoms with Crippen molar-refractivity contribution in [1.82, 2.24) is 0 Å². The van der Waals surface area contributed by atoms with Crippen molar-refractivity contribution >= 4 is 67.3 Å². The molecule has 154 valence electrons. The Kier molecular flexibility index (Phi) is 6.21. The molecule has 31 heavy (non-hydrogen) atoms. The minimum Gasteiger partial charge on any atom is -0.322 e. The summed E-state index contributed by atoms with van der Waals surface area (Å²) in [5.41, 5.74) is 2.43. The summed E-state index contributed by atoms with van der Waals surface area (Å²) in [6, 6.07) is 24.8. The number of nitrogens with one attached hydrogen (secondary N) is 3. The van der Waals surface area contributed by atoms with Crippen molar-refractivity contribution in [3.8, 4) is 0 Å². The van der Waals surface area contributed by atoms with Crippen LogP contribution in [0.15, 0.2) is 89.4 Å². The lowest BCUT2D eigenvalue weighted by atomic mass is 10.1. The third-order valence-electron chi connectivity index (χ3n) is 4.57. The van der Waals surface area contributed by atoms with Gasteiger partial charge in [0.05, 0.1) is 0 Å². The van der Waals surface area contributed by atoms with Gasteiger partial charge in [-0.2, -0.15) is 0 Å². The molecule has 0 aliphatic carbocycles. The van der Waals surface area contributed by atoms with Crippen LogP contribution in [0.5, 0.6) is 0 Å². The number of amides is 3. The van der Waals surface area contributed by atoms with Crippen LogP contribution in [0, 0.1) is 0 Å². The Morgan fingerprint density at radius 1 is 0.645 bits per heavy atom. The van der Waals surface area contributed by atoms with Crippen LogP contribution >= 0.6 is 27.5 Å². The zero-order valence-electron chi connectivity index (χ0n) is 16.2. The third-order valence-corrected chi connectivity index (χ3v) is 5.31. The van der Waals surface area contributed by atoms with E-state index in [9.17, 15) is 9.59 Å². The van der Waals surface area contributed by atoms with Crippen LogP contribution in [0.25, 0.3) is 10.8 Å². The minimum absolute atomic E-state index is 0.203. The van der Waals surface area contributed by atoms with Crippen molar-refractivity contribution in [2.75, 3.05) is 16.0 Å². The summed E-state index contributed by atoms with van der Waals surface area (Å²) in [5, 5.41) is 11.0. The molecule has 4 aromatic rings. The summed E-state index contributed by atoms with van der Waals surface area (Å²) in [7, 11) is 0. The van der Waals surface area contributed by atoms with E-state index >= 15 is 0 Å². The van der Waals surface area contributed by atoms with E-state index < -0.39 is 0 Å². The van der Waals surface area contributed by atoms with Gasteiger partial charge in [-0.3, -0.25) is 4.79 Å². The molecule has 0 spiro atoms. The zero-order valence-corrected chi connectivity index (χ0v) is 18.5. The Morgan fingerprint density at radius 2 is 1.16 bits per heavy atom. The predicted octanol–water partition coefficient (Wildman–Crippen LogP) is 7.15. The van der Waals surface area contributed by atoms with Gasteiger partial charge < -0.3 is 16.0 Å². The van der Waals surface area contributed by atoms with Crippen molar-refractivity contribution in [2.24, 2.45) is 0 Å². The normalized spacial score (nSPS) is 10.5. The van der Waals surface area contributed by atoms with Crippen molar-refractivity contribution in [3.63, 3.8) is 0 Å². The van der Waals surface area contributed by atoms with Crippen molar-refractivity contribution < 1.29 is 9.59 Å². The van der Waals surface area contributed by atoms with Gasteiger partial charge in [0.1, 0.15) is 0 Å². The maximum atomic E-state index is 12.6. The summed E-state index contributed by atoms with van der Waals surface area (Å²) < 4.78 is 0.993. The highest BCUT2D eigenvalue weighted by Crippen LogP contribution is 2.22. The van der Waals surface area contributed by atoms with Gasteiger partial charge in [-0.05, 0) is 83.6 Å². The number of anilines is 3. The second-order valence-corrected chi connectivity index (χ2v) is 8.18. The van der Waals surface area contributed by atoms with Gasteiger partial charge in [-0.15, -0.1) is 0 Å². The highest BCUT2D eigenvalue weighted by molar-refractivity contribution is 9.10. The van der Waals surface area contributed by atoms with Crippen molar-refractivity contribution in [2.45, 2.75) is 0 Å². The maximum Gasteiger partial charge on any atom is 0.323 e. The summed E-state index contributed by atoms with van der Waals surface area (Å²) in [4.78, 5) is 24.7. The molecule has 0 fully saturated rings. The van der Waals surface area contributed by atoms with Crippen molar-refractivity contribution in [1.29, 1.82) is 0 Å². The van der Waals surface area contributed by atoms with Gasteiger partial charge in [0, 0.05) is 32.1 Å². The zero-order chi connectivity index (χ0) is 21.8.